The first-order valence-electron chi connectivity index (χ1n) is 5.60. The zero-order valence-corrected chi connectivity index (χ0v) is 9.56. The van der Waals surface area contributed by atoms with Gasteiger partial charge in [-0.25, -0.2) is 0 Å². The lowest BCUT2D eigenvalue weighted by Crippen LogP contribution is -2.26. The number of benzene rings is 1. The Balaban J connectivity index is 2.49. The first-order chi connectivity index (χ1) is 7.11. The summed E-state index contributed by atoms with van der Waals surface area (Å²) in [6, 6.07) is 9.52. The fourth-order valence-corrected chi connectivity index (χ4v) is 1.58. The van der Waals surface area contributed by atoms with E-state index < -0.39 is 6.10 Å². The molecule has 0 aliphatic carbocycles. The van der Waals surface area contributed by atoms with Gasteiger partial charge in [-0.15, -0.1) is 0 Å². The van der Waals surface area contributed by atoms with Crippen molar-refractivity contribution in [2.45, 2.75) is 38.8 Å². The van der Waals surface area contributed by atoms with E-state index in [-0.39, 0.29) is 6.04 Å². The number of aliphatic hydroxyl groups is 1. The Morgan fingerprint density at radius 2 is 1.73 bits per heavy atom. The molecule has 0 bridgehead atoms. The monoisotopic (exact) mass is 207 g/mol. The van der Waals surface area contributed by atoms with Crippen molar-refractivity contribution in [1.82, 2.24) is 0 Å². The van der Waals surface area contributed by atoms with E-state index in [1.807, 2.05) is 30.3 Å². The third-order valence-corrected chi connectivity index (χ3v) is 2.64. The molecule has 84 valence electrons. The Hall–Kier alpha value is -0.860. The van der Waals surface area contributed by atoms with Crippen molar-refractivity contribution >= 4 is 0 Å². The predicted molar refractivity (Wildman–Crippen MR) is 63.4 cm³/mol. The summed E-state index contributed by atoms with van der Waals surface area (Å²) >= 11 is 0. The van der Waals surface area contributed by atoms with Crippen molar-refractivity contribution in [3.8, 4) is 0 Å². The number of hydrogen-bond acceptors (Lipinski definition) is 2. The van der Waals surface area contributed by atoms with Crippen LogP contribution in [-0.4, -0.2) is 11.2 Å². The van der Waals surface area contributed by atoms with Crippen LogP contribution in [0.4, 0.5) is 0 Å². The minimum absolute atomic E-state index is 0.259. The van der Waals surface area contributed by atoms with Crippen LogP contribution in [0.3, 0.4) is 0 Å². The molecule has 2 heteroatoms. The largest absolute Gasteiger partial charge is 0.391 e. The Kier molecular flexibility index (Phi) is 4.79. The van der Waals surface area contributed by atoms with Crippen molar-refractivity contribution in [3.63, 3.8) is 0 Å². The second kappa shape index (κ2) is 5.89. The van der Waals surface area contributed by atoms with Gasteiger partial charge in [-0.1, -0.05) is 44.2 Å². The zero-order valence-electron chi connectivity index (χ0n) is 9.56. The summed E-state index contributed by atoms with van der Waals surface area (Å²) in [5.41, 5.74) is 6.98. The van der Waals surface area contributed by atoms with Crippen LogP contribution in [0.1, 0.15) is 38.3 Å². The van der Waals surface area contributed by atoms with Crippen molar-refractivity contribution in [1.29, 1.82) is 0 Å². The summed E-state index contributed by atoms with van der Waals surface area (Å²) in [5, 5.41) is 9.90. The average molecular weight is 207 g/mol. The molecule has 0 aliphatic heterocycles. The first kappa shape index (κ1) is 12.2. The molecule has 0 amide bonds. The molecule has 1 rings (SSSR count). The van der Waals surface area contributed by atoms with Gasteiger partial charge < -0.3 is 10.8 Å². The van der Waals surface area contributed by atoms with Crippen LogP contribution in [-0.2, 0) is 0 Å². The average Bonchev–Trinajstić information content (AvgIpc) is 2.26. The summed E-state index contributed by atoms with van der Waals surface area (Å²) in [6.45, 7) is 4.31. The first-order valence-corrected chi connectivity index (χ1v) is 5.60. The van der Waals surface area contributed by atoms with E-state index >= 15 is 0 Å². The van der Waals surface area contributed by atoms with Crippen molar-refractivity contribution < 1.29 is 5.11 Å². The SMILES string of the molecule is CC(C)CC[C@H](O)[C@H](N)c1ccccc1. The van der Waals surface area contributed by atoms with Gasteiger partial charge in [0.05, 0.1) is 12.1 Å². The maximum atomic E-state index is 9.90. The van der Waals surface area contributed by atoms with Gasteiger partial charge >= 0.3 is 0 Å². The lowest BCUT2D eigenvalue weighted by molar-refractivity contribution is 0.128. The molecule has 15 heavy (non-hydrogen) atoms. The van der Waals surface area contributed by atoms with Gasteiger partial charge in [0, 0.05) is 0 Å². The third-order valence-electron chi connectivity index (χ3n) is 2.64. The van der Waals surface area contributed by atoms with Gasteiger partial charge in [0.1, 0.15) is 0 Å². The van der Waals surface area contributed by atoms with E-state index in [9.17, 15) is 5.11 Å². The van der Waals surface area contributed by atoms with E-state index in [0.717, 1.165) is 18.4 Å². The highest BCUT2D eigenvalue weighted by Gasteiger charge is 2.16. The molecule has 0 aliphatic rings. The molecule has 0 unspecified atom stereocenters. The molecule has 0 aromatic heterocycles. The number of nitrogens with two attached hydrogens (primary N) is 1. The summed E-state index contributed by atoms with van der Waals surface area (Å²) in [5.74, 6) is 0.614. The van der Waals surface area contributed by atoms with Crippen LogP contribution < -0.4 is 5.73 Å². The van der Waals surface area contributed by atoms with Gasteiger partial charge in [-0.2, -0.15) is 0 Å². The Labute approximate surface area is 92.1 Å². The van der Waals surface area contributed by atoms with Gasteiger partial charge in [0.25, 0.3) is 0 Å². The molecular formula is C13H21NO. The molecule has 0 fully saturated rings. The molecule has 1 aromatic carbocycles. The zero-order chi connectivity index (χ0) is 11.3. The van der Waals surface area contributed by atoms with Crippen LogP contribution in [0.5, 0.6) is 0 Å². The van der Waals surface area contributed by atoms with Gasteiger partial charge in [0.2, 0.25) is 0 Å². The Bertz CT molecular complexity index is 271. The molecule has 0 saturated carbocycles. The van der Waals surface area contributed by atoms with E-state index in [1.165, 1.54) is 0 Å². The van der Waals surface area contributed by atoms with Gasteiger partial charge in [-0.05, 0) is 24.3 Å². The molecule has 1 aromatic rings. The van der Waals surface area contributed by atoms with Crippen LogP contribution >= 0.6 is 0 Å². The van der Waals surface area contributed by atoms with Crippen molar-refractivity contribution in [3.05, 3.63) is 35.9 Å². The Morgan fingerprint density at radius 1 is 1.13 bits per heavy atom. The summed E-state index contributed by atoms with van der Waals surface area (Å²) < 4.78 is 0. The van der Waals surface area contributed by atoms with Crippen LogP contribution in [0.25, 0.3) is 0 Å². The summed E-state index contributed by atoms with van der Waals surface area (Å²) in [6.07, 6.45) is 1.35. The lowest BCUT2D eigenvalue weighted by atomic mass is 9.96. The molecule has 2 nitrogen and oxygen atoms in total. The third kappa shape index (κ3) is 4.02. The second-order valence-electron chi connectivity index (χ2n) is 4.48. The standard InChI is InChI=1S/C13H21NO/c1-10(2)8-9-12(15)13(14)11-6-4-3-5-7-11/h3-7,10,12-13,15H,8-9,14H2,1-2H3/t12-,13+/m0/s1. The molecule has 0 saturated heterocycles. The predicted octanol–water partition coefficient (Wildman–Crippen LogP) is 2.48. The van der Waals surface area contributed by atoms with Gasteiger partial charge in [-0.3, -0.25) is 0 Å². The molecular weight excluding hydrogens is 186 g/mol. The van der Waals surface area contributed by atoms with E-state index in [1.54, 1.807) is 0 Å². The second-order valence-corrected chi connectivity index (χ2v) is 4.48. The number of rotatable bonds is 5. The summed E-state index contributed by atoms with van der Waals surface area (Å²) in [4.78, 5) is 0. The lowest BCUT2D eigenvalue weighted by Gasteiger charge is -2.19. The highest BCUT2D eigenvalue weighted by molar-refractivity contribution is 5.19. The van der Waals surface area contributed by atoms with E-state index in [0.29, 0.717) is 5.92 Å². The molecule has 0 spiro atoms. The van der Waals surface area contributed by atoms with E-state index in [2.05, 4.69) is 13.8 Å². The van der Waals surface area contributed by atoms with Crippen molar-refractivity contribution in [2.24, 2.45) is 11.7 Å². The maximum Gasteiger partial charge on any atom is 0.0732 e. The molecule has 0 heterocycles. The smallest absolute Gasteiger partial charge is 0.0732 e. The molecule has 0 radical (unpaired) electrons. The minimum atomic E-state index is -0.435. The summed E-state index contributed by atoms with van der Waals surface area (Å²) in [7, 11) is 0. The van der Waals surface area contributed by atoms with Gasteiger partial charge in [0.15, 0.2) is 0 Å². The molecule has 2 atom stereocenters. The number of aliphatic hydroxyl groups excluding tert-OH is 1. The number of hydrogen-bond donors (Lipinski definition) is 2. The molecule has 3 N–H and O–H groups in total. The highest BCUT2D eigenvalue weighted by Crippen LogP contribution is 2.18. The maximum absolute atomic E-state index is 9.90. The fourth-order valence-electron chi connectivity index (χ4n) is 1.58. The quantitative estimate of drug-likeness (QED) is 0.779. The normalized spacial score (nSPS) is 15.3. The van der Waals surface area contributed by atoms with E-state index in [4.69, 9.17) is 5.73 Å². The highest BCUT2D eigenvalue weighted by atomic mass is 16.3. The van der Waals surface area contributed by atoms with Crippen LogP contribution in [0.15, 0.2) is 30.3 Å². The minimum Gasteiger partial charge on any atom is -0.391 e. The fraction of sp³-hybridized carbons (Fsp3) is 0.538. The van der Waals surface area contributed by atoms with Crippen LogP contribution in [0, 0.1) is 5.92 Å². The van der Waals surface area contributed by atoms with Crippen molar-refractivity contribution in [2.75, 3.05) is 0 Å². The topological polar surface area (TPSA) is 46.2 Å². The Morgan fingerprint density at radius 3 is 2.27 bits per heavy atom. The van der Waals surface area contributed by atoms with Crippen LogP contribution in [0.2, 0.25) is 0 Å².